The van der Waals surface area contributed by atoms with Crippen molar-refractivity contribution in [2.45, 2.75) is 13.0 Å². The maximum Gasteiger partial charge on any atom is 0.169 e. The zero-order valence-corrected chi connectivity index (χ0v) is 13.3. The highest BCUT2D eigenvalue weighted by Gasteiger charge is 2.19. The first-order chi connectivity index (χ1) is 11.3. The van der Waals surface area contributed by atoms with E-state index in [1.807, 2.05) is 17.8 Å². The topological polar surface area (TPSA) is 39.9 Å². The van der Waals surface area contributed by atoms with Gasteiger partial charge in [-0.3, -0.25) is 0 Å². The molecule has 1 fully saturated rings. The molecule has 1 atom stereocenters. The Balaban J connectivity index is 1.59. The maximum atomic E-state index is 13.0. The molecule has 0 N–H and O–H groups in total. The van der Waals surface area contributed by atoms with Crippen molar-refractivity contribution in [3.63, 3.8) is 0 Å². The van der Waals surface area contributed by atoms with E-state index in [0.717, 1.165) is 48.3 Å². The van der Waals surface area contributed by atoms with Gasteiger partial charge in [0, 0.05) is 42.4 Å². The van der Waals surface area contributed by atoms with Crippen molar-refractivity contribution >= 4 is 11.3 Å². The number of thiazole rings is 1. The number of halogens is 1. The smallest absolute Gasteiger partial charge is 0.169 e. The number of benzene rings is 1. The second kappa shape index (κ2) is 6.22. The highest BCUT2D eigenvalue weighted by Crippen LogP contribution is 2.29. The van der Waals surface area contributed by atoms with Crippen molar-refractivity contribution in [3.05, 3.63) is 47.9 Å². The van der Waals surface area contributed by atoms with Crippen molar-refractivity contribution in [2.24, 2.45) is 5.92 Å². The fraction of sp³-hybridized carbons (Fsp3) is 0.294. The second-order valence-electron chi connectivity index (χ2n) is 5.68. The van der Waals surface area contributed by atoms with Crippen molar-refractivity contribution in [1.29, 1.82) is 0 Å². The third-order valence-electron chi connectivity index (χ3n) is 4.03. The molecule has 118 valence electrons. The van der Waals surface area contributed by atoms with Crippen LogP contribution in [0.1, 0.15) is 6.42 Å². The van der Waals surface area contributed by atoms with Gasteiger partial charge in [0.1, 0.15) is 5.82 Å². The van der Waals surface area contributed by atoms with Crippen LogP contribution in [0.5, 0.6) is 0 Å². The number of hydrogen-bond donors (Lipinski definition) is 0. The summed E-state index contributed by atoms with van der Waals surface area (Å²) >= 11 is 1.56. The van der Waals surface area contributed by atoms with Crippen LogP contribution in [0.3, 0.4) is 0 Å². The normalized spacial score (nSPS) is 17.7. The maximum absolute atomic E-state index is 13.0. The summed E-state index contributed by atoms with van der Waals surface area (Å²) in [6, 6.07) is 6.40. The Kier molecular flexibility index (Phi) is 3.93. The molecule has 1 aliphatic rings. The van der Waals surface area contributed by atoms with Crippen molar-refractivity contribution < 1.29 is 9.13 Å². The summed E-state index contributed by atoms with van der Waals surface area (Å²) in [6.45, 7) is 2.57. The summed E-state index contributed by atoms with van der Waals surface area (Å²) in [4.78, 5) is 9.13. The quantitative estimate of drug-likeness (QED) is 0.730. The summed E-state index contributed by atoms with van der Waals surface area (Å²) < 4.78 is 20.6. The Labute approximate surface area is 137 Å². The molecule has 23 heavy (non-hydrogen) atoms. The van der Waals surface area contributed by atoms with Gasteiger partial charge in [-0.25, -0.2) is 14.4 Å². The first kappa shape index (κ1) is 14.5. The lowest BCUT2D eigenvalue weighted by atomic mass is 10.1. The highest BCUT2D eigenvalue weighted by molar-refractivity contribution is 7.13. The van der Waals surface area contributed by atoms with Crippen LogP contribution in [-0.4, -0.2) is 27.7 Å². The van der Waals surface area contributed by atoms with Crippen LogP contribution in [-0.2, 0) is 11.3 Å². The molecule has 0 amide bonds. The lowest BCUT2D eigenvalue weighted by molar-refractivity contribution is 0.182. The molecule has 6 heteroatoms. The van der Waals surface area contributed by atoms with E-state index >= 15 is 0 Å². The van der Waals surface area contributed by atoms with Crippen LogP contribution >= 0.6 is 11.3 Å². The highest BCUT2D eigenvalue weighted by atomic mass is 32.1. The third kappa shape index (κ3) is 3.04. The zero-order valence-electron chi connectivity index (χ0n) is 12.5. The number of aromatic nitrogens is 3. The van der Waals surface area contributed by atoms with E-state index in [9.17, 15) is 4.39 Å². The predicted octanol–water partition coefficient (Wildman–Crippen LogP) is 3.85. The number of ether oxygens (including phenoxy) is 1. The Hall–Kier alpha value is -2.05. The lowest BCUT2D eigenvalue weighted by Crippen LogP contribution is -2.10. The average Bonchev–Trinajstić information content (AvgIpc) is 3.29. The Morgan fingerprint density at radius 3 is 2.96 bits per heavy atom. The first-order valence-electron chi connectivity index (χ1n) is 7.60. The minimum atomic E-state index is -0.237. The van der Waals surface area contributed by atoms with Crippen LogP contribution in [0, 0.1) is 11.7 Å². The molecule has 0 spiro atoms. The number of nitrogens with zero attached hydrogens (tertiary/aromatic N) is 3. The van der Waals surface area contributed by atoms with Gasteiger partial charge >= 0.3 is 0 Å². The van der Waals surface area contributed by atoms with Crippen LogP contribution in [0.2, 0.25) is 0 Å². The summed E-state index contributed by atoms with van der Waals surface area (Å²) in [5.41, 5.74) is 1.76. The van der Waals surface area contributed by atoms with Crippen molar-refractivity contribution in [1.82, 2.24) is 14.5 Å². The Morgan fingerprint density at radius 2 is 2.17 bits per heavy atom. The van der Waals surface area contributed by atoms with E-state index < -0.39 is 0 Å². The minimum Gasteiger partial charge on any atom is -0.381 e. The Bertz CT molecular complexity index is 790. The number of imidazole rings is 1. The molecule has 0 bridgehead atoms. The summed E-state index contributed by atoms with van der Waals surface area (Å²) in [6.07, 6.45) is 4.90. The van der Waals surface area contributed by atoms with E-state index in [-0.39, 0.29) is 5.82 Å². The minimum absolute atomic E-state index is 0.237. The molecule has 0 aliphatic carbocycles. The molecular formula is C17H16FN3OS. The summed E-state index contributed by atoms with van der Waals surface area (Å²) in [5, 5.41) is 2.87. The molecule has 0 saturated carbocycles. The molecule has 3 heterocycles. The molecule has 1 aromatic carbocycles. The predicted molar refractivity (Wildman–Crippen MR) is 87.7 cm³/mol. The fourth-order valence-corrected chi connectivity index (χ4v) is 3.63. The second-order valence-corrected chi connectivity index (χ2v) is 6.54. The lowest BCUT2D eigenvalue weighted by Gasteiger charge is -2.10. The molecular weight excluding hydrogens is 313 g/mol. The van der Waals surface area contributed by atoms with Gasteiger partial charge in [-0.05, 0) is 30.7 Å². The van der Waals surface area contributed by atoms with Crippen LogP contribution < -0.4 is 0 Å². The van der Waals surface area contributed by atoms with E-state index in [0.29, 0.717) is 5.92 Å². The molecule has 2 aromatic heterocycles. The van der Waals surface area contributed by atoms with Gasteiger partial charge in [0.25, 0.3) is 0 Å². The molecule has 4 nitrogen and oxygen atoms in total. The molecule has 3 aromatic rings. The number of hydrogen-bond acceptors (Lipinski definition) is 4. The zero-order chi connectivity index (χ0) is 15.6. The van der Waals surface area contributed by atoms with Crippen LogP contribution in [0.4, 0.5) is 4.39 Å². The molecule has 0 unspecified atom stereocenters. The standard InChI is InChI=1S/C17H16FN3OS/c18-14-3-1-13(2-4-14)15-11-23-17(20-15)16-19-6-7-21(16)9-12-5-8-22-10-12/h1-4,6-7,11-12H,5,8-10H2/t12-/m1/s1. The third-order valence-corrected chi connectivity index (χ3v) is 4.87. The first-order valence-corrected chi connectivity index (χ1v) is 8.48. The Morgan fingerprint density at radius 1 is 1.30 bits per heavy atom. The van der Waals surface area contributed by atoms with Crippen LogP contribution in [0.15, 0.2) is 42.0 Å². The largest absolute Gasteiger partial charge is 0.381 e. The van der Waals surface area contributed by atoms with E-state index in [1.54, 1.807) is 23.5 Å². The fourth-order valence-electron chi connectivity index (χ4n) is 2.79. The van der Waals surface area contributed by atoms with Gasteiger partial charge in [0.2, 0.25) is 0 Å². The van der Waals surface area contributed by atoms with Gasteiger partial charge in [-0.15, -0.1) is 11.3 Å². The molecule has 1 saturated heterocycles. The van der Waals surface area contributed by atoms with Gasteiger partial charge in [0.05, 0.1) is 12.3 Å². The monoisotopic (exact) mass is 329 g/mol. The molecule has 4 rings (SSSR count). The van der Waals surface area contributed by atoms with E-state index in [1.165, 1.54) is 12.1 Å². The van der Waals surface area contributed by atoms with Crippen molar-refractivity contribution in [2.75, 3.05) is 13.2 Å². The van der Waals surface area contributed by atoms with Crippen molar-refractivity contribution in [3.8, 4) is 22.1 Å². The SMILES string of the molecule is Fc1ccc(-c2csc(-c3nccn3C[C@H]3CCOC3)n2)cc1. The number of rotatable bonds is 4. The van der Waals surface area contributed by atoms with E-state index in [2.05, 4.69) is 14.5 Å². The summed E-state index contributed by atoms with van der Waals surface area (Å²) in [7, 11) is 0. The van der Waals surface area contributed by atoms with Gasteiger partial charge in [-0.1, -0.05) is 0 Å². The van der Waals surface area contributed by atoms with Gasteiger partial charge in [0.15, 0.2) is 10.8 Å². The van der Waals surface area contributed by atoms with E-state index in [4.69, 9.17) is 4.74 Å². The average molecular weight is 329 g/mol. The summed E-state index contributed by atoms with van der Waals surface area (Å²) in [5.74, 6) is 1.19. The molecule has 0 radical (unpaired) electrons. The molecule has 1 aliphatic heterocycles. The van der Waals surface area contributed by atoms with Gasteiger partial charge in [-0.2, -0.15) is 0 Å². The van der Waals surface area contributed by atoms with Gasteiger partial charge < -0.3 is 9.30 Å². The van der Waals surface area contributed by atoms with Crippen LogP contribution in [0.25, 0.3) is 22.1 Å².